The molecule has 3 unspecified atom stereocenters. The smallest absolute Gasteiger partial charge is 0.338 e. The molecule has 3 aromatic carbocycles. The first kappa shape index (κ1) is 49.0. The zero-order chi connectivity index (χ0) is 49.1. The maximum Gasteiger partial charge on any atom is 0.338 e. The highest BCUT2D eigenvalue weighted by atomic mass is 16.7. The van der Waals surface area contributed by atoms with Gasteiger partial charge in [0.2, 0.25) is 0 Å². The van der Waals surface area contributed by atoms with Gasteiger partial charge in [-0.05, 0) is 54.8 Å². The van der Waals surface area contributed by atoms with E-state index in [4.69, 9.17) is 28.4 Å². The maximum absolute atomic E-state index is 15.7. The predicted octanol–water partition coefficient (Wildman–Crippen LogP) is 1.63. The van der Waals surface area contributed by atoms with Crippen LogP contribution in [0, 0.1) is 16.7 Å². The number of aliphatic hydroxyl groups excluding tert-OH is 5. The Morgan fingerprint density at radius 2 is 1.43 bits per heavy atom. The van der Waals surface area contributed by atoms with E-state index in [0.29, 0.717) is 5.56 Å². The molecule has 0 aromatic heterocycles. The summed E-state index contributed by atoms with van der Waals surface area (Å²) in [5.41, 5.74) is -7.60. The molecule has 18 heteroatoms. The summed E-state index contributed by atoms with van der Waals surface area (Å²) in [4.78, 5) is 71.3. The van der Waals surface area contributed by atoms with Crippen molar-refractivity contribution in [2.75, 3.05) is 13.2 Å². The van der Waals surface area contributed by atoms with Gasteiger partial charge < -0.3 is 64.4 Å². The first-order valence-electron chi connectivity index (χ1n) is 22.5. The number of benzene rings is 3. The third kappa shape index (κ3) is 8.14. The van der Waals surface area contributed by atoms with Crippen LogP contribution < -0.4 is 5.32 Å². The number of ketones is 1. The number of amides is 1. The van der Waals surface area contributed by atoms with E-state index in [9.17, 15) is 49.8 Å². The summed E-state index contributed by atoms with van der Waals surface area (Å²) >= 11 is 0. The lowest BCUT2D eigenvalue weighted by Crippen LogP contribution is -2.82. The molecule has 2 heterocycles. The number of ether oxygens (including phenoxy) is 6. The van der Waals surface area contributed by atoms with Gasteiger partial charge in [-0.25, -0.2) is 9.59 Å². The summed E-state index contributed by atoms with van der Waals surface area (Å²) in [6, 6.07) is 22.7. The number of rotatable bonds is 11. The van der Waals surface area contributed by atoms with Crippen molar-refractivity contribution in [3.63, 3.8) is 0 Å². The number of carbonyl (C=O) groups is 5. The first-order chi connectivity index (χ1) is 32.2. The van der Waals surface area contributed by atoms with Crippen LogP contribution >= 0.6 is 0 Å². The summed E-state index contributed by atoms with van der Waals surface area (Å²) in [5.74, 6) is -6.29. The highest BCUT2D eigenvalue weighted by Crippen LogP contribution is 2.65. The van der Waals surface area contributed by atoms with Gasteiger partial charge in [-0.3, -0.25) is 14.4 Å². The largest absolute Gasteiger partial charge is 0.456 e. The molecule has 2 bridgehead atoms. The van der Waals surface area contributed by atoms with Crippen LogP contribution in [0.15, 0.2) is 102 Å². The second-order valence-electron chi connectivity index (χ2n) is 19.1. The second-order valence-corrected chi connectivity index (χ2v) is 19.1. The minimum atomic E-state index is -2.47. The average molecular weight is 944 g/mol. The van der Waals surface area contributed by atoms with E-state index in [0.717, 1.165) is 6.92 Å². The Bertz CT molecular complexity index is 2430. The van der Waals surface area contributed by atoms with E-state index in [-0.39, 0.29) is 35.3 Å². The lowest BCUT2D eigenvalue weighted by atomic mass is 9.44. The molecular formula is C50H57NO17. The molecule has 18 nitrogen and oxygen atoms in total. The molecule has 0 radical (unpaired) electrons. The van der Waals surface area contributed by atoms with Gasteiger partial charge in [-0.1, -0.05) is 80.6 Å². The Hall–Kier alpha value is -5.41. The van der Waals surface area contributed by atoms with Crippen molar-refractivity contribution in [1.82, 2.24) is 5.32 Å². The molecule has 5 aliphatic rings. The summed E-state index contributed by atoms with van der Waals surface area (Å²) in [7, 11) is 0. The number of carbonyl (C=O) groups excluding carboxylic acids is 5. The third-order valence-corrected chi connectivity index (χ3v) is 14.9. The van der Waals surface area contributed by atoms with Crippen LogP contribution in [-0.2, 0) is 42.8 Å². The van der Waals surface area contributed by atoms with E-state index in [1.54, 1.807) is 78.9 Å². The number of hydrogen-bond acceptors (Lipinski definition) is 17. The van der Waals surface area contributed by atoms with E-state index in [1.165, 1.54) is 39.8 Å². The number of esters is 3. The van der Waals surface area contributed by atoms with Gasteiger partial charge in [-0.2, -0.15) is 0 Å². The predicted molar refractivity (Wildman–Crippen MR) is 235 cm³/mol. The van der Waals surface area contributed by atoms with Crippen LogP contribution in [-0.4, -0.2) is 146 Å². The molecule has 15 atom stereocenters. The SMILES string of the molecule is CC(=O)O[C@@]12CO[C@@H]1C[C@H](OC1OC[C@@H](O)[C@H](O)[C@H]1O)[C@@]1(C)C(=O)[C@H](O)C3=C(C)[C@@H](OC(=O)[C@H](O)[C@@H](NC(=O)c4ccccc4)c4ccccc4)C[C@@](O)(C(OC(=O)c4ccccc4)C12)C3(C)C. The van der Waals surface area contributed by atoms with Gasteiger partial charge >= 0.3 is 17.9 Å². The van der Waals surface area contributed by atoms with Gasteiger partial charge in [0, 0.05) is 30.7 Å². The van der Waals surface area contributed by atoms with Crippen molar-refractivity contribution in [3.05, 3.63) is 119 Å². The minimum absolute atomic E-state index is 0.0280. The zero-order valence-corrected chi connectivity index (χ0v) is 38.1. The average Bonchev–Trinajstić information content (AvgIpc) is 3.31. The zero-order valence-electron chi connectivity index (χ0n) is 38.1. The minimum Gasteiger partial charge on any atom is -0.456 e. The fourth-order valence-electron chi connectivity index (χ4n) is 11.2. The molecule has 1 amide bonds. The van der Waals surface area contributed by atoms with Gasteiger partial charge in [-0.15, -0.1) is 0 Å². The first-order valence-corrected chi connectivity index (χ1v) is 22.5. The number of fused-ring (bicyclic) bond motifs is 5. The molecule has 364 valence electrons. The van der Waals surface area contributed by atoms with Crippen LogP contribution in [0.2, 0.25) is 0 Å². The van der Waals surface area contributed by atoms with Crippen molar-refractivity contribution in [2.24, 2.45) is 16.7 Å². The highest BCUT2D eigenvalue weighted by molar-refractivity contribution is 5.95. The Labute approximate surface area is 391 Å². The van der Waals surface area contributed by atoms with E-state index < -0.39 is 138 Å². The molecular weight excluding hydrogens is 887 g/mol. The molecule has 3 aromatic rings. The molecule has 7 N–H and O–H groups in total. The van der Waals surface area contributed by atoms with E-state index >= 15 is 4.79 Å². The summed E-state index contributed by atoms with van der Waals surface area (Å²) in [6.07, 6.45) is -17.8. The topological polar surface area (TPSA) is 274 Å². The lowest BCUT2D eigenvalue weighted by Gasteiger charge is -2.68. The normalized spacial score (nSPS) is 36.0. The Morgan fingerprint density at radius 1 is 0.824 bits per heavy atom. The van der Waals surface area contributed by atoms with Crippen LogP contribution in [0.5, 0.6) is 0 Å². The highest BCUT2D eigenvalue weighted by Gasteiger charge is 2.78. The number of nitrogens with one attached hydrogen (secondary N) is 1. The van der Waals surface area contributed by atoms with Gasteiger partial charge in [0.15, 0.2) is 23.8 Å². The summed E-state index contributed by atoms with van der Waals surface area (Å²) < 4.78 is 36.8. The van der Waals surface area contributed by atoms with Crippen molar-refractivity contribution in [2.45, 2.75) is 126 Å². The summed E-state index contributed by atoms with van der Waals surface area (Å²) in [6.45, 7) is 6.21. The van der Waals surface area contributed by atoms with Gasteiger partial charge in [0.25, 0.3) is 5.91 Å². The van der Waals surface area contributed by atoms with Crippen LogP contribution in [0.1, 0.15) is 79.8 Å². The monoisotopic (exact) mass is 943 g/mol. The quantitative estimate of drug-likeness (QED) is 0.0818. The molecule has 2 saturated heterocycles. The van der Waals surface area contributed by atoms with Crippen LogP contribution in [0.3, 0.4) is 0 Å². The third-order valence-electron chi connectivity index (χ3n) is 14.9. The van der Waals surface area contributed by atoms with Crippen LogP contribution in [0.25, 0.3) is 0 Å². The molecule has 2 saturated carbocycles. The van der Waals surface area contributed by atoms with Crippen molar-refractivity contribution >= 4 is 29.6 Å². The summed E-state index contributed by atoms with van der Waals surface area (Å²) in [5, 5.41) is 72.9. The molecule has 2 aliphatic heterocycles. The molecule has 3 aliphatic carbocycles. The molecule has 4 fully saturated rings. The number of hydrogen-bond donors (Lipinski definition) is 7. The Morgan fingerprint density at radius 3 is 2.01 bits per heavy atom. The molecule has 68 heavy (non-hydrogen) atoms. The molecule has 8 rings (SSSR count). The van der Waals surface area contributed by atoms with Crippen molar-refractivity contribution in [3.8, 4) is 0 Å². The maximum atomic E-state index is 15.7. The Kier molecular flexibility index (Phi) is 13.3. The van der Waals surface area contributed by atoms with Crippen molar-refractivity contribution < 1.29 is 83.0 Å². The second kappa shape index (κ2) is 18.5. The fourth-order valence-corrected chi connectivity index (χ4v) is 11.2. The number of aliphatic hydroxyl groups is 6. The Balaban J connectivity index is 1.26. The van der Waals surface area contributed by atoms with E-state index in [2.05, 4.69) is 5.32 Å². The standard InChI is InChI=1S/C50H57NO17/c1-25-31(65-45(61)38(56)35(27-15-9-6-10-16-27)51-43(59)28-17-11-7-12-18-28)22-50(62)42(67-44(60)29-19-13-8-14-20-29)40-48(5,41(58)37(55)34(25)47(50,3)4)32(21-33-49(40,24-64-33)68-26(2)52)66-46-39(57)36(54)30(53)23-63-46/h6-20,30-33,35-40,42,46,53-57,62H,21-24H2,1-5H3,(H,51,59)/t30-,31+,32+,33-,35+,36+,37-,38-,39-,40?,42?,46?,48-,49+,50-/m1/s1. The van der Waals surface area contributed by atoms with E-state index in [1.807, 2.05) is 0 Å². The molecule has 0 spiro atoms. The lowest BCUT2D eigenvalue weighted by molar-refractivity contribution is -0.366. The van der Waals surface area contributed by atoms with Crippen LogP contribution in [0.4, 0.5) is 0 Å². The van der Waals surface area contributed by atoms with Gasteiger partial charge in [0.1, 0.15) is 48.3 Å². The van der Waals surface area contributed by atoms with Gasteiger partial charge in [0.05, 0.1) is 42.3 Å². The number of Topliss-reactive ketones (excluding diaryl/α,β-unsaturated/α-hetero) is 1. The van der Waals surface area contributed by atoms with Crippen molar-refractivity contribution in [1.29, 1.82) is 0 Å². The fraction of sp³-hybridized carbons (Fsp3) is 0.500.